The molecule has 1 aromatic carbocycles. The maximum Gasteiger partial charge on any atom is 0.343 e. The number of hydrogen-bond donors (Lipinski definition) is 1. The van der Waals surface area contributed by atoms with Gasteiger partial charge in [0.2, 0.25) is 0 Å². The molecule has 2 atom stereocenters. The van der Waals surface area contributed by atoms with Gasteiger partial charge in [0.1, 0.15) is 17.3 Å². The fraction of sp³-hybridized carbons (Fsp3) is 0.375. The van der Waals surface area contributed by atoms with Crippen LogP contribution in [0.25, 0.3) is 0 Å². The van der Waals surface area contributed by atoms with Crippen LogP contribution in [0.5, 0.6) is 5.75 Å². The fourth-order valence-electron chi connectivity index (χ4n) is 4.03. The largest absolute Gasteiger partial charge is 0.507 e. The summed E-state index contributed by atoms with van der Waals surface area (Å²) in [5, 5.41) is 12.7. The molecule has 1 saturated carbocycles. The van der Waals surface area contributed by atoms with Crippen molar-refractivity contribution in [1.29, 1.82) is 0 Å². The highest BCUT2D eigenvalue weighted by atomic mass is 32.1. The molecule has 1 aliphatic rings. The minimum Gasteiger partial charge on any atom is -0.507 e. The molecule has 3 aromatic rings. The van der Waals surface area contributed by atoms with Gasteiger partial charge in [0.05, 0.1) is 5.56 Å². The molecule has 29 heavy (non-hydrogen) atoms. The lowest BCUT2D eigenvalue weighted by Crippen LogP contribution is -2.16. The van der Waals surface area contributed by atoms with Gasteiger partial charge in [-0.2, -0.15) is 0 Å². The third kappa shape index (κ3) is 4.61. The van der Waals surface area contributed by atoms with Crippen LogP contribution in [0.4, 0.5) is 4.39 Å². The minimum atomic E-state index is -0.458. The lowest BCUT2D eigenvalue weighted by molar-refractivity contribution is 0.372. The van der Waals surface area contributed by atoms with E-state index in [-0.39, 0.29) is 23.4 Å². The summed E-state index contributed by atoms with van der Waals surface area (Å²) in [5.41, 5.74) is 0.874. The maximum absolute atomic E-state index is 13.3. The minimum absolute atomic E-state index is 0.0106. The highest BCUT2D eigenvalue weighted by molar-refractivity contribution is 7.10. The zero-order valence-electron chi connectivity index (χ0n) is 16.4. The molecular weight excluding hydrogens is 387 g/mol. The van der Waals surface area contributed by atoms with Gasteiger partial charge < -0.3 is 9.52 Å². The van der Waals surface area contributed by atoms with Crippen LogP contribution in [0.2, 0.25) is 0 Å². The second kappa shape index (κ2) is 8.54. The fourth-order valence-corrected chi connectivity index (χ4v) is 4.95. The lowest BCUT2D eigenvalue weighted by atomic mass is 9.90. The van der Waals surface area contributed by atoms with Gasteiger partial charge in [-0.3, -0.25) is 0 Å². The molecule has 0 spiro atoms. The van der Waals surface area contributed by atoms with Crippen molar-refractivity contribution in [3.05, 3.63) is 85.8 Å². The first-order valence-electron chi connectivity index (χ1n) is 10.2. The Kier molecular flexibility index (Phi) is 5.86. The van der Waals surface area contributed by atoms with Crippen molar-refractivity contribution < 1.29 is 13.9 Å². The Morgan fingerprint density at radius 1 is 1.24 bits per heavy atom. The van der Waals surface area contributed by atoms with Gasteiger partial charge in [-0.15, -0.1) is 11.3 Å². The lowest BCUT2D eigenvalue weighted by Gasteiger charge is -2.19. The van der Waals surface area contributed by atoms with Gasteiger partial charge in [0, 0.05) is 22.8 Å². The maximum atomic E-state index is 13.3. The molecule has 0 saturated heterocycles. The Morgan fingerprint density at radius 3 is 2.59 bits per heavy atom. The second-order valence-electron chi connectivity index (χ2n) is 7.92. The van der Waals surface area contributed by atoms with E-state index in [1.807, 2.05) is 24.4 Å². The highest BCUT2D eigenvalue weighted by Crippen LogP contribution is 2.41. The average molecular weight is 413 g/mol. The zero-order valence-corrected chi connectivity index (χ0v) is 17.3. The Labute approximate surface area is 173 Å². The Balaban J connectivity index is 1.66. The molecule has 0 aliphatic heterocycles. The number of halogens is 1. The Morgan fingerprint density at radius 2 is 2.00 bits per heavy atom. The number of aromatic hydroxyl groups is 1. The van der Waals surface area contributed by atoms with E-state index in [2.05, 4.69) is 0 Å². The van der Waals surface area contributed by atoms with Crippen molar-refractivity contribution in [3.8, 4) is 5.75 Å². The summed E-state index contributed by atoms with van der Waals surface area (Å²) in [6.07, 6.45) is 4.64. The third-order valence-corrected chi connectivity index (χ3v) is 6.73. The molecule has 0 amide bonds. The number of thiophene rings is 1. The van der Waals surface area contributed by atoms with Crippen molar-refractivity contribution in [2.75, 3.05) is 0 Å². The molecule has 2 aromatic heterocycles. The van der Waals surface area contributed by atoms with Gasteiger partial charge in [0.25, 0.3) is 0 Å². The van der Waals surface area contributed by atoms with E-state index in [0.717, 1.165) is 16.9 Å². The van der Waals surface area contributed by atoms with E-state index in [4.69, 9.17) is 4.42 Å². The molecule has 0 bridgehead atoms. The van der Waals surface area contributed by atoms with Crippen LogP contribution in [-0.2, 0) is 6.42 Å². The monoisotopic (exact) mass is 412 g/mol. The highest BCUT2D eigenvalue weighted by Gasteiger charge is 2.30. The van der Waals surface area contributed by atoms with Crippen LogP contribution < -0.4 is 5.63 Å². The van der Waals surface area contributed by atoms with E-state index in [1.54, 1.807) is 29.5 Å². The van der Waals surface area contributed by atoms with Gasteiger partial charge in [-0.1, -0.05) is 38.0 Å². The van der Waals surface area contributed by atoms with Gasteiger partial charge >= 0.3 is 5.63 Å². The standard InChI is InChI=1S/C24H25FO3S/c1-2-19(22-4-3-11-29-22)23-20(26)14-21(28-24(23)27)17(12-15-5-6-15)13-16-7-9-18(25)10-8-16/h3-4,7-11,14-15,17,19,26H,2,5-6,12-13H2,1H3. The predicted molar refractivity (Wildman–Crippen MR) is 113 cm³/mol. The van der Waals surface area contributed by atoms with Crippen LogP contribution in [0.15, 0.2) is 57.1 Å². The summed E-state index contributed by atoms with van der Waals surface area (Å²) >= 11 is 1.58. The SMILES string of the molecule is CCC(c1cccs1)c1c(O)cc(C(Cc2ccc(F)cc2)CC2CC2)oc1=O. The van der Waals surface area contributed by atoms with Crippen molar-refractivity contribution >= 4 is 11.3 Å². The molecule has 2 unspecified atom stereocenters. The molecule has 4 rings (SSSR count). The topological polar surface area (TPSA) is 50.4 Å². The van der Waals surface area contributed by atoms with Crippen LogP contribution in [0.1, 0.15) is 66.2 Å². The normalized spacial score (nSPS) is 15.9. The summed E-state index contributed by atoms with van der Waals surface area (Å²) in [6, 6.07) is 12.0. The second-order valence-corrected chi connectivity index (χ2v) is 8.90. The summed E-state index contributed by atoms with van der Waals surface area (Å²) in [5.74, 6) is 0.717. The third-order valence-electron chi connectivity index (χ3n) is 5.74. The van der Waals surface area contributed by atoms with Crippen LogP contribution >= 0.6 is 11.3 Å². The van der Waals surface area contributed by atoms with Gasteiger partial charge in [-0.05, 0) is 54.3 Å². The smallest absolute Gasteiger partial charge is 0.343 e. The molecule has 1 N–H and O–H groups in total. The van der Waals surface area contributed by atoms with E-state index in [9.17, 15) is 14.3 Å². The van der Waals surface area contributed by atoms with Crippen molar-refractivity contribution in [2.45, 2.75) is 50.9 Å². The van der Waals surface area contributed by atoms with Crippen molar-refractivity contribution in [1.82, 2.24) is 0 Å². The predicted octanol–water partition coefficient (Wildman–Crippen LogP) is 6.21. The number of hydrogen-bond acceptors (Lipinski definition) is 4. The quantitative estimate of drug-likeness (QED) is 0.478. The first-order valence-corrected chi connectivity index (χ1v) is 11.1. The molecule has 2 heterocycles. The van der Waals surface area contributed by atoms with E-state index in [1.165, 1.54) is 25.0 Å². The molecule has 1 fully saturated rings. The van der Waals surface area contributed by atoms with Crippen LogP contribution in [0, 0.1) is 11.7 Å². The van der Waals surface area contributed by atoms with E-state index in [0.29, 0.717) is 30.1 Å². The molecule has 3 nitrogen and oxygen atoms in total. The summed E-state index contributed by atoms with van der Waals surface area (Å²) < 4.78 is 19.0. The summed E-state index contributed by atoms with van der Waals surface area (Å²) in [7, 11) is 0. The van der Waals surface area contributed by atoms with Crippen molar-refractivity contribution in [3.63, 3.8) is 0 Å². The van der Waals surface area contributed by atoms with Crippen LogP contribution in [0.3, 0.4) is 0 Å². The van der Waals surface area contributed by atoms with Gasteiger partial charge in [0.15, 0.2) is 0 Å². The summed E-state index contributed by atoms with van der Waals surface area (Å²) in [4.78, 5) is 13.9. The van der Waals surface area contributed by atoms with E-state index < -0.39 is 5.63 Å². The first kappa shape index (κ1) is 19.9. The Bertz CT molecular complexity index is 1000. The van der Waals surface area contributed by atoms with Crippen molar-refractivity contribution in [2.24, 2.45) is 5.92 Å². The first-order chi connectivity index (χ1) is 14.0. The average Bonchev–Trinajstić information content (AvgIpc) is 3.35. The molecular formula is C24H25FO3S. The Hall–Kier alpha value is -2.40. The summed E-state index contributed by atoms with van der Waals surface area (Å²) in [6.45, 7) is 2.00. The molecule has 152 valence electrons. The molecule has 5 heteroatoms. The molecule has 0 radical (unpaired) electrons. The molecule has 1 aliphatic carbocycles. The van der Waals surface area contributed by atoms with Gasteiger partial charge in [-0.25, -0.2) is 9.18 Å². The van der Waals surface area contributed by atoms with E-state index >= 15 is 0 Å². The van der Waals surface area contributed by atoms with Crippen LogP contribution in [-0.4, -0.2) is 5.11 Å². The number of rotatable bonds is 8. The number of benzene rings is 1. The zero-order chi connectivity index (χ0) is 20.4.